The second kappa shape index (κ2) is 6.84. The van der Waals surface area contributed by atoms with E-state index in [1.165, 1.54) is 0 Å². The molecule has 0 aliphatic heterocycles. The lowest BCUT2D eigenvalue weighted by atomic mass is 10.1. The standard InChI is InChI=1S/C12H19FN2.ClH/c1-9-4-5-11(6-12(9)13)8-15(3)10(2)7-14;/h4-6,10H,7-8,14H2,1-3H3;1H. The number of benzene rings is 1. The molecule has 16 heavy (non-hydrogen) atoms. The summed E-state index contributed by atoms with van der Waals surface area (Å²) in [6, 6.07) is 5.67. The SMILES string of the molecule is Cc1ccc(CN(C)C(C)CN)cc1F.Cl. The number of nitrogens with zero attached hydrogens (tertiary/aromatic N) is 1. The van der Waals surface area contributed by atoms with Crippen LogP contribution in [0, 0.1) is 12.7 Å². The van der Waals surface area contributed by atoms with E-state index in [1.54, 1.807) is 13.0 Å². The average molecular weight is 247 g/mol. The van der Waals surface area contributed by atoms with Gasteiger partial charge in [0.05, 0.1) is 0 Å². The van der Waals surface area contributed by atoms with Crippen molar-refractivity contribution in [2.24, 2.45) is 5.73 Å². The average Bonchev–Trinajstić information content (AvgIpc) is 2.22. The minimum Gasteiger partial charge on any atom is -0.329 e. The van der Waals surface area contributed by atoms with Crippen molar-refractivity contribution >= 4 is 12.4 Å². The molecule has 0 spiro atoms. The van der Waals surface area contributed by atoms with Crippen LogP contribution >= 0.6 is 12.4 Å². The zero-order valence-electron chi connectivity index (χ0n) is 10.0. The molecule has 0 aromatic heterocycles. The molecule has 0 heterocycles. The van der Waals surface area contributed by atoms with Crippen molar-refractivity contribution in [1.29, 1.82) is 0 Å². The Morgan fingerprint density at radius 3 is 2.56 bits per heavy atom. The maximum absolute atomic E-state index is 13.3. The quantitative estimate of drug-likeness (QED) is 0.884. The van der Waals surface area contributed by atoms with Crippen LogP contribution in [0.25, 0.3) is 0 Å². The van der Waals surface area contributed by atoms with Crippen LogP contribution in [0.15, 0.2) is 18.2 Å². The van der Waals surface area contributed by atoms with Gasteiger partial charge in [-0.15, -0.1) is 12.4 Å². The minimum absolute atomic E-state index is 0. The molecule has 1 aromatic rings. The summed E-state index contributed by atoms with van der Waals surface area (Å²) in [6.07, 6.45) is 0. The van der Waals surface area contributed by atoms with E-state index in [1.807, 2.05) is 19.2 Å². The first kappa shape index (κ1) is 15.4. The van der Waals surface area contributed by atoms with Crippen LogP contribution in [-0.4, -0.2) is 24.5 Å². The van der Waals surface area contributed by atoms with Crippen LogP contribution in [0.5, 0.6) is 0 Å². The zero-order valence-corrected chi connectivity index (χ0v) is 10.9. The lowest BCUT2D eigenvalue weighted by molar-refractivity contribution is 0.254. The van der Waals surface area contributed by atoms with Gasteiger partial charge in [-0.1, -0.05) is 12.1 Å². The largest absolute Gasteiger partial charge is 0.329 e. The first-order valence-corrected chi connectivity index (χ1v) is 5.20. The van der Waals surface area contributed by atoms with E-state index in [9.17, 15) is 4.39 Å². The summed E-state index contributed by atoms with van der Waals surface area (Å²) >= 11 is 0. The van der Waals surface area contributed by atoms with Gasteiger partial charge in [0.25, 0.3) is 0 Å². The summed E-state index contributed by atoms with van der Waals surface area (Å²) < 4.78 is 13.3. The molecule has 2 N–H and O–H groups in total. The van der Waals surface area contributed by atoms with Crippen molar-refractivity contribution in [2.45, 2.75) is 26.4 Å². The van der Waals surface area contributed by atoms with Crippen molar-refractivity contribution < 1.29 is 4.39 Å². The highest BCUT2D eigenvalue weighted by atomic mass is 35.5. The first-order valence-electron chi connectivity index (χ1n) is 5.20. The number of halogens is 2. The van der Waals surface area contributed by atoms with Gasteiger partial charge in [-0.25, -0.2) is 4.39 Å². The van der Waals surface area contributed by atoms with E-state index in [2.05, 4.69) is 11.8 Å². The molecule has 4 heteroatoms. The molecule has 0 aliphatic carbocycles. The van der Waals surface area contributed by atoms with Crippen LogP contribution < -0.4 is 5.73 Å². The summed E-state index contributed by atoms with van der Waals surface area (Å²) in [4.78, 5) is 2.12. The van der Waals surface area contributed by atoms with Crippen molar-refractivity contribution in [3.8, 4) is 0 Å². The molecular weight excluding hydrogens is 227 g/mol. The Labute approximate surface area is 103 Å². The molecule has 0 fully saturated rings. The fraction of sp³-hybridized carbons (Fsp3) is 0.500. The van der Waals surface area contributed by atoms with Crippen LogP contribution in [-0.2, 0) is 6.54 Å². The van der Waals surface area contributed by atoms with Crippen molar-refractivity contribution in [2.75, 3.05) is 13.6 Å². The summed E-state index contributed by atoms with van der Waals surface area (Å²) in [6.45, 7) is 5.18. The second-order valence-electron chi connectivity index (χ2n) is 4.08. The highest BCUT2D eigenvalue weighted by molar-refractivity contribution is 5.85. The Morgan fingerprint density at radius 2 is 2.06 bits per heavy atom. The third-order valence-electron chi connectivity index (χ3n) is 2.76. The highest BCUT2D eigenvalue weighted by Crippen LogP contribution is 2.11. The molecule has 1 aromatic carbocycles. The van der Waals surface area contributed by atoms with E-state index >= 15 is 0 Å². The molecule has 0 amide bonds. The minimum atomic E-state index is -0.138. The summed E-state index contributed by atoms with van der Waals surface area (Å²) in [5, 5.41) is 0. The first-order chi connectivity index (χ1) is 7.04. The fourth-order valence-electron chi connectivity index (χ4n) is 1.36. The molecule has 1 rings (SSSR count). The summed E-state index contributed by atoms with van der Waals surface area (Å²) in [7, 11) is 2.00. The number of aryl methyl sites for hydroxylation is 1. The number of hydrogen-bond donors (Lipinski definition) is 1. The predicted molar refractivity (Wildman–Crippen MR) is 68.4 cm³/mol. The Kier molecular flexibility index (Phi) is 6.56. The van der Waals surface area contributed by atoms with Crippen molar-refractivity contribution in [3.63, 3.8) is 0 Å². The lowest BCUT2D eigenvalue weighted by Crippen LogP contribution is -2.34. The number of hydrogen-bond acceptors (Lipinski definition) is 2. The van der Waals surface area contributed by atoms with Crippen LogP contribution in [0.1, 0.15) is 18.1 Å². The van der Waals surface area contributed by atoms with Gasteiger partial charge in [0.15, 0.2) is 0 Å². The number of likely N-dealkylation sites (N-methyl/N-ethyl adjacent to an activating group) is 1. The van der Waals surface area contributed by atoms with E-state index < -0.39 is 0 Å². The van der Waals surface area contributed by atoms with E-state index in [0.29, 0.717) is 18.2 Å². The number of rotatable bonds is 4. The topological polar surface area (TPSA) is 29.3 Å². The van der Waals surface area contributed by atoms with Gasteiger partial charge >= 0.3 is 0 Å². The fourth-order valence-corrected chi connectivity index (χ4v) is 1.36. The van der Waals surface area contributed by atoms with E-state index in [-0.39, 0.29) is 18.2 Å². The smallest absolute Gasteiger partial charge is 0.126 e. The van der Waals surface area contributed by atoms with Gasteiger partial charge in [-0.05, 0) is 38.1 Å². The van der Waals surface area contributed by atoms with Crippen molar-refractivity contribution in [3.05, 3.63) is 35.1 Å². The second-order valence-corrected chi connectivity index (χ2v) is 4.08. The van der Waals surface area contributed by atoms with Crippen LogP contribution in [0.3, 0.4) is 0 Å². The van der Waals surface area contributed by atoms with Crippen LogP contribution in [0.2, 0.25) is 0 Å². The molecule has 0 radical (unpaired) electrons. The van der Waals surface area contributed by atoms with Gasteiger partial charge in [-0.2, -0.15) is 0 Å². The van der Waals surface area contributed by atoms with Gasteiger partial charge in [0, 0.05) is 19.1 Å². The predicted octanol–water partition coefficient (Wildman–Crippen LogP) is 2.33. The highest BCUT2D eigenvalue weighted by Gasteiger charge is 2.08. The molecule has 0 bridgehead atoms. The molecule has 0 saturated heterocycles. The van der Waals surface area contributed by atoms with Crippen molar-refractivity contribution in [1.82, 2.24) is 4.90 Å². The van der Waals surface area contributed by atoms with Gasteiger partial charge in [-0.3, -0.25) is 4.90 Å². The molecule has 0 aliphatic rings. The molecule has 1 unspecified atom stereocenters. The van der Waals surface area contributed by atoms with E-state index in [4.69, 9.17) is 5.73 Å². The Hall–Kier alpha value is -0.640. The Morgan fingerprint density at radius 1 is 1.44 bits per heavy atom. The maximum Gasteiger partial charge on any atom is 0.126 e. The third-order valence-corrected chi connectivity index (χ3v) is 2.76. The van der Waals surface area contributed by atoms with E-state index in [0.717, 1.165) is 12.1 Å². The molecule has 1 atom stereocenters. The number of nitrogens with two attached hydrogens (primary N) is 1. The summed E-state index contributed by atoms with van der Waals surface area (Å²) in [5.74, 6) is -0.138. The van der Waals surface area contributed by atoms with Gasteiger partial charge in [0.2, 0.25) is 0 Å². The third kappa shape index (κ3) is 4.08. The van der Waals surface area contributed by atoms with Gasteiger partial charge in [0.1, 0.15) is 5.82 Å². The van der Waals surface area contributed by atoms with Crippen LogP contribution in [0.4, 0.5) is 4.39 Å². The maximum atomic E-state index is 13.3. The normalized spacial score (nSPS) is 12.4. The zero-order chi connectivity index (χ0) is 11.4. The summed E-state index contributed by atoms with van der Waals surface area (Å²) in [5.41, 5.74) is 7.24. The monoisotopic (exact) mass is 246 g/mol. The molecule has 2 nitrogen and oxygen atoms in total. The lowest BCUT2D eigenvalue weighted by Gasteiger charge is -2.23. The Bertz CT molecular complexity index is 331. The van der Waals surface area contributed by atoms with Gasteiger partial charge < -0.3 is 5.73 Å². The molecule has 0 saturated carbocycles. The Balaban J connectivity index is 0.00000225. The molecule has 92 valence electrons. The molecular formula is C12H20ClFN2.